The van der Waals surface area contributed by atoms with Crippen molar-refractivity contribution in [2.45, 2.75) is 19.6 Å². The second-order valence-corrected chi connectivity index (χ2v) is 7.20. The SMILES string of the molecule is COC(=O)C1=C(C)Nc2nnnn2C1c1ccc(OCc2ccccc2Cl)c(OC)c1. The third-order valence-corrected chi connectivity index (χ3v) is 5.33. The Morgan fingerprint density at radius 3 is 2.74 bits per heavy atom. The molecule has 3 aromatic rings. The summed E-state index contributed by atoms with van der Waals surface area (Å²) >= 11 is 6.21. The minimum absolute atomic E-state index is 0.284. The minimum atomic E-state index is -0.592. The van der Waals surface area contributed by atoms with E-state index in [1.54, 1.807) is 26.2 Å². The number of ether oxygens (including phenoxy) is 3. The van der Waals surface area contributed by atoms with Crippen molar-refractivity contribution in [1.82, 2.24) is 20.2 Å². The largest absolute Gasteiger partial charge is 0.493 e. The van der Waals surface area contributed by atoms with E-state index in [0.29, 0.717) is 33.7 Å². The van der Waals surface area contributed by atoms with E-state index < -0.39 is 12.0 Å². The molecule has 10 heteroatoms. The fraction of sp³-hybridized carbons (Fsp3) is 0.238. The topological polar surface area (TPSA) is 100 Å². The number of hydrogen-bond acceptors (Lipinski definition) is 8. The predicted molar refractivity (Wildman–Crippen MR) is 113 cm³/mol. The molecule has 4 rings (SSSR count). The van der Waals surface area contributed by atoms with Gasteiger partial charge in [0, 0.05) is 16.3 Å². The Balaban J connectivity index is 1.69. The molecule has 9 nitrogen and oxygen atoms in total. The molecule has 2 heterocycles. The van der Waals surface area contributed by atoms with Crippen molar-refractivity contribution in [1.29, 1.82) is 0 Å². The smallest absolute Gasteiger partial charge is 0.338 e. The Hall–Kier alpha value is -3.59. The van der Waals surface area contributed by atoms with E-state index in [1.807, 2.05) is 30.3 Å². The number of hydrogen-bond donors (Lipinski definition) is 1. The van der Waals surface area contributed by atoms with Crippen molar-refractivity contribution >= 4 is 23.5 Å². The standard InChI is InChI=1S/C21H20ClN5O4/c1-12-18(20(28)30-3)19(27-21(23-12)24-25-26-27)13-8-9-16(17(10-13)29-2)31-11-14-6-4-5-7-15(14)22/h4-10,19H,11H2,1-3H3,(H,23,24,26). The summed E-state index contributed by atoms with van der Waals surface area (Å²) in [6, 6.07) is 12.3. The molecule has 1 aliphatic rings. The molecular weight excluding hydrogens is 422 g/mol. The maximum Gasteiger partial charge on any atom is 0.338 e. The highest BCUT2D eigenvalue weighted by Gasteiger charge is 2.35. The predicted octanol–water partition coefficient (Wildman–Crippen LogP) is 3.38. The second kappa shape index (κ2) is 8.65. The van der Waals surface area contributed by atoms with E-state index in [2.05, 4.69) is 20.8 Å². The van der Waals surface area contributed by atoms with Crippen LogP contribution in [0.5, 0.6) is 11.5 Å². The number of anilines is 1. The molecule has 0 aliphatic carbocycles. The van der Waals surface area contributed by atoms with Gasteiger partial charge in [-0.15, -0.1) is 0 Å². The number of carbonyl (C=O) groups is 1. The zero-order valence-corrected chi connectivity index (χ0v) is 17.9. The second-order valence-electron chi connectivity index (χ2n) is 6.80. The van der Waals surface area contributed by atoms with Crippen LogP contribution in [0.15, 0.2) is 53.7 Å². The van der Waals surface area contributed by atoms with Gasteiger partial charge in [-0.25, -0.2) is 4.79 Å². The summed E-state index contributed by atoms with van der Waals surface area (Å²) in [4.78, 5) is 12.5. The molecule has 0 spiro atoms. The van der Waals surface area contributed by atoms with Crippen molar-refractivity contribution in [2.24, 2.45) is 0 Å². The van der Waals surface area contributed by atoms with Crippen LogP contribution in [0.4, 0.5) is 5.95 Å². The van der Waals surface area contributed by atoms with E-state index in [9.17, 15) is 4.79 Å². The normalized spacial score (nSPS) is 15.2. The molecular formula is C21H20ClN5O4. The summed E-state index contributed by atoms with van der Waals surface area (Å²) in [5.41, 5.74) is 2.60. The van der Waals surface area contributed by atoms with Crippen LogP contribution in [0.2, 0.25) is 5.02 Å². The number of nitrogens with one attached hydrogen (secondary N) is 1. The Morgan fingerprint density at radius 1 is 1.19 bits per heavy atom. The monoisotopic (exact) mass is 441 g/mol. The summed E-state index contributed by atoms with van der Waals surface area (Å²) in [6.07, 6.45) is 0. The van der Waals surface area contributed by atoms with Gasteiger partial charge >= 0.3 is 5.97 Å². The van der Waals surface area contributed by atoms with Crippen molar-refractivity contribution < 1.29 is 19.0 Å². The summed E-state index contributed by atoms with van der Waals surface area (Å²) < 4.78 is 18.0. The fourth-order valence-corrected chi connectivity index (χ4v) is 3.63. The molecule has 0 bridgehead atoms. The summed E-state index contributed by atoms with van der Waals surface area (Å²) in [5, 5.41) is 15.4. The van der Waals surface area contributed by atoms with Crippen molar-refractivity contribution in [3.8, 4) is 11.5 Å². The molecule has 1 N–H and O–H groups in total. The van der Waals surface area contributed by atoms with Gasteiger partial charge in [0.25, 0.3) is 0 Å². The van der Waals surface area contributed by atoms with Crippen LogP contribution in [-0.4, -0.2) is 40.4 Å². The molecule has 0 saturated carbocycles. The number of halogens is 1. The van der Waals surface area contributed by atoms with Crippen LogP contribution < -0.4 is 14.8 Å². The highest BCUT2D eigenvalue weighted by molar-refractivity contribution is 6.31. The highest BCUT2D eigenvalue weighted by Crippen LogP contribution is 2.38. The van der Waals surface area contributed by atoms with Crippen molar-refractivity contribution in [2.75, 3.05) is 19.5 Å². The molecule has 0 amide bonds. The van der Waals surface area contributed by atoms with E-state index in [1.165, 1.54) is 11.8 Å². The molecule has 160 valence electrons. The average Bonchev–Trinajstić information content (AvgIpc) is 3.25. The highest BCUT2D eigenvalue weighted by atomic mass is 35.5. The molecule has 2 aromatic carbocycles. The Bertz CT molecular complexity index is 1160. The quantitative estimate of drug-likeness (QED) is 0.581. The molecule has 0 fully saturated rings. The first kappa shape index (κ1) is 20.7. The van der Waals surface area contributed by atoms with E-state index >= 15 is 0 Å². The third-order valence-electron chi connectivity index (χ3n) is 4.96. The van der Waals surface area contributed by atoms with E-state index in [-0.39, 0.29) is 6.61 Å². The van der Waals surface area contributed by atoms with Crippen LogP contribution in [0.3, 0.4) is 0 Å². The zero-order chi connectivity index (χ0) is 22.0. The van der Waals surface area contributed by atoms with Gasteiger partial charge in [0.2, 0.25) is 5.95 Å². The van der Waals surface area contributed by atoms with Gasteiger partial charge in [-0.3, -0.25) is 0 Å². The number of carbonyl (C=O) groups excluding carboxylic acids is 1. The lowest BCUT2D eigenvalue weighted by Gasteiger charge is -2.27. The lowest BCUT2D eigenvalue weighted by atomic mass is 9.95. The number of aromatic nitrogens is 4. The van der Waals surface area contributed by atoms with Gasteiger partial charge in [-0.1, -0.05) is 41.0 Å². The van der Waals surface area contributed by atoms with Crippen molar-refractivity contribution in [3.63, 3.8) is 0 Å². The lowest BCUT2D eigenvalue weighted by Crippen LogP contribution is -2.29. The average molecular weight is 442 g/mol. The molecule has 0 saturated heterocycles. The number of nitrogens with zero attached hydrogens (tertiary/aromatic N) is 4. The van der Waals surface area contributed by atoms with Gasteiger partial charge in [0.05, 0.1) is 19.8 Å². The van der Waals surface area contributed by atoms with Gasteiger partial charge in [0.1, 0.15) is 12.6 Å². The number of tetrazole rings is 1. The Kier molecular flexibility index (Phi) is 5.77. The van der Waals surface area contributed by atoms with Crippen LogP contribution in [-0.2, 0) is 16.1 Å². The van der Waals surface area contributed by atoms with Crippen LogP contribution in [0.1, 0.15) is 24.1 Å². The number of esters is 1. The molecule has 0 radical (unpaired) electrons. The summed E-state index contributed by atoms with van der Waals surface area (Å²) in [7, 11) is 2.88. The molecule has 1 atom stereocenters. The van der Waals surface area contributed by atoms with Gasteiger partial charge in [-0.05, 0) is 41.1 Å². The minimum Gasteiger partial charge on any atom is -0.493 e. The Labute approximate surface area is 183 Å². The van der Waals surface area contributed by atoms with E-state index in [4.69, 9.17) is 25.8 Å². The lowest BCUT2D eigenvalue weighted by molar-refractivity contribution is -0.136. The first-order chi connectivity index (χ1) is 15.0. The molecule has 31 heavy (non-hydrogen) atoms. The van der Waals surface area contributed by atoms with Gasteiger partial charge in [-0.2, -0.15) is 4.68 Å². The third kappa shape index (κ3) is 3.91. The number of methoxy groups -OCH3 is 2. The molecule has 1 aromatic heterocycles. The number of fused-ring (bicyclic) bond motifs is 1. The van der Waals surface area contributed by atoms with Crippen LogP contribution in [0, 0.1) is 0 Å². The first-order valence-electron chi connectivity index (χ1n) is 9.41. The van der Waals surface area contributed by atoms with Gasteiger partial charge in [0.15, 0.2) is 11.5 Å². The summed E-state index contributed by atoms with van der Waals surface area (Å²) in [5.74, 6) is 0.985. The zero-order valence-electron chi connectivity index (χ0n) is 17.1. The van der Waals surface area contributed by atoms with Crippen LogP contribution in [0.25, 0.3) is 0 Å². The number of allylic oxidation sites excluding steroid dienone is 1. The summed E-state index contributed by atoms with van der Waals surface area (Å²) in [6.45, 7) is 2.06. The fourth-order valence-electron chi connectivity index (χ4n) is 3.44. The first-order valence-corrected chi connectivity index (χ1v) is 9.79. The van der Waals surface area contributed by atoms with Crippen LogP contribution >= 0.6 is 11.6 Å². The molecule has 1 unspecified atom stereocenters. The molecule has 1 aliphatic heterocycles. The number of benzene rings is 2. The van der Waals surface area contributed by atoms with Crippen molar-refractivity contribution in [3.05, 3.63) is 69.9 Å². The van der Waals surface area contributed by atoms with E-state index in [0.717, 1.165) is 11.1 Å². The maximum atomic E-state index is 12.5. The maximum absolute atomic E-state index is 12.5. The van der Waals surface area contributed by atoms with Gasteiger partial charge < -0.3 is 19.5 Å². The Morgan fingerprint density at radius 2 is 2.00 bits per heavy atom. The number of rotatable bonds is 6.